The molecular formula is C12H21N3O2. The number of nitrogens with one attached hydrogen (secondary N) is 1. The summed E-state index contributed by atoms with van der Waals surface area (Å²) in [5.41, 5.74) is 0. The highest BCUT2D eigenvalue weighted by atomic mass is 16.5. The zero-order valence-corrected chi connectivity index (χ0v) is 11.0. The molecular weight excluding hydrogens is 218 g/mol. The Labute approximate surface area is 103 Å². The van der Waals surface area contributed by atoms with Gasteiger partial charge in [-0.1, -0.05) is 13.8 Å². The van der Waals surface area contributed by atoms with Gasteiger partial charge in [0.15, 0.2) is 0 Å². The van der Waals surface area contributed by atoms with Gasteiger partial charge in [-0.05, 0) is 12.8 Å². The molecule has 0 fully saturated rings. The normalized spacial score (nSPS) is 10.6. The molecule has 1 heterocycles. The lowest BCUT2D eigenvalue weighted by Crippen LogP contribution is -2.13. The Balaban J connectivity index is 2.33. The van der Waals surface area contributed by atoms with Crippen LogP contribution in [0.1, 0.15) is 19.7 Å². The summed E-state index contributed by atoms with van der Waals surface area (Å²) in [5.74, 6) is 2.59. The third-order valence-electron chi connectivity index (χ3n) is 2.03. The summed E-state index contributed by atoms with van der Waals surface area (Å²) < 4.78 is 10.5. The lowest BCUT2D eigenvalue weighted by atomic mass is 10.2. The fourth-order valence-corrected chi connectivity index (χ4v) is 1.31. The van der Waals surface area contributed by atoms with E-state index in [-0.39, 0.29) is 0 Å². The molecule has 0 aliphatic carbocycles. The fourth-order valence-electron chi connectivity index (χ4n) is 1.31. The largest absolute Gasteiger partial charge is 0.481 e. The summed E-state index contributed by atoms with van der Waals surface area (Å²) >= 11 is 0. The first kappa shape index (κ1) is 13.7. The zero-order chi connectivity index (χ0) is 12.7. The molecule has 0 aliphatic rings. The molecule has 17 heavy (non-hydrogen) atoms. The third-order valence-corrected chi connectivity index (χ3v) is 2.03. The van der Waals surface area contributed by atoms with Crippen LogP contribution in [0.4, 0.5) is 5.82 Å². The summed E-state index contributed by atoms with van der Waals surface area (Å²) in [6, 6.07) is 1.77. The van der Waals surface area contributed by atoms with E-state index >= 15 is 0 Å². The molecule has 0 radical (unpaired) electrons. The molecule has 1 aromatic rings. The average Bonchev–Trinajstić information content (AvgIpc) is 2.27. The van der Waals surface area contributed by atoms with Gasteiger partial charge in [0.05, 0.1) is 13.7 Å². The number of anilines is 1. The van der Waals surface area contributed by atoms with Gasteiger partial charge in [-0.3, -0.25) is 0 Å². The molecule has 1 rings (SSSR count). The van der Waals surface area contributed by atoms with E-state index in [1.54, 1.807) is 13.2 Å². The Morgan fingerprint density at radius 2 is 2.12 bits per heavy atom. The lowest BCUT2D eigenvalue weighted by molar-refractivity contribution is 0.118. The van der Waals surface area contributed by atoms with E-state index in [1.165, 1.54) is 0 Å². The minimum Gasteiger partial charge on any atom is -0.481 e. The highest BCUT2D eigenvalue weighted by molar-refractivity contribution is 5.38. The maximum absolute atomic E-state index is 5.47. The molecule has 0 aromatic carbocycles. The van der Waals surface area contributed by atoms with Gasteiger partial charge in [0, 0.05) is 19.2 Å². The second-order valence-electron chi connectivity index (χ2n) is 4.24. The Kier molecular flexibility index (Phi) is 5.69. The molecule has 5 nitrogen and oxygen atoms in total. The zero-order valence-electron chi connectivity index (χ0n) is 11.0. The van der Waals surface area contributed by atoms with Crippen LogP contribution in [0.25, 0.3) is 0 Å². The van der Waals surface area contributed by atoms with Gasteiger partial charge in [-0.2, -0.15) is 4.98 Å². The smallest absolute Gasteiger partial charge is 0.218 e. The van der Waals surface area contributed by atoms with Gasteiger partial charge in [0.1, 0.15) is 11.6 Å². The Bertz CT molecular complexity index is 343. The lowest BCUT2D eigenvalue weighted by Gasteiger charge is -2.09. The van der Waals surface area contributed by atoms with Crippen LogP contribution in [-0.4, -0.2) is 36.8 Å². The average molecular weight is 239 g/mol. The highest BCUT2D eigenvalue weighted by Crippen LogP contribution is 2.12. The Morgan fingerprint density at radius 1 is 1.35 bits per heavy atom. The van der Waals surface area contributed by atoms with Crippen molar-refractivity contribution in [2.45, 2.75) is 20.8 Å². The van der Waals surface area contributed by atoms with Crippen molar-refractivity contribution in [2.24, 2.45) is 5.92 Å². The first-order valence-corrected chi connectivity index (χ1v) is 5.83. The topological polar surface area (TPSA) is 56.3 Å². The van der Waals surface area contributed by atoms with Crippen molar-refractivity contribution < 1.29 is 9.47 Å². The molecule has 5 heteroatoms. The van der Waals surface area contributed by atoms with Gasteiger partial charge < -0.3 is 14.8 Å². The Hall–Kier alpha value is -1.36. The molecule has 0 saturated carbocycles. The number of rotatable bonds is 7. The van der Waals surface area contributed by atoms with Gasteiger partial charge in [0.2, 0.25) is 5.88 Å². The molecule has 1 aromatic heterocycles. The number of ether oxygens (including phenoxy) is 2. The number of methoxy groups -OCH3 is 1. The SMILES string of the molecule is COc1cc(NCCOCC(C)C)nc(C)n1. The standard InChI is InChI=1S/C12H21N3O2/c1-9(2)8-17-6-5-13-11-7-12(16-4)15-10(3)14-11/h7,9H,5-6,8H2,1-4H3,(H,13,14,15). The fraction of sp³-hybridized carbons (Fsp3) is 0.667. The van der Waals surface area contributed by atoms with Gasteiger partial charge >= 0.3 is 0 Å². The first-order valence-electron chi connectivity index (χ1n) is 5.83. The highest BCUT2D eigenvalue weighted by Gasteiger charge is 2.01. The van der Waals surface area contributed by atoms with Crippen molar-refractivity contribution in [3.63, 3.8) is 0 Å². The second kappa shape index (κ2) is 7.06. The molecule has 96 valence electrons. The molecule has 0 aliphatic heterocycles. The van der Waals surface area contributed by atoms with Crippen molar-refractivity contribution in [2.75, 3.05) is 32.2 Å². The number of aryl methyl sites for hydroxylation is 1. The number of nitrogens with zero attached hydrogens (tertiary/aromatic N) is 2. The van der Waals surface area contributed by atoms with E-state index in [0.717, 1.165) is 19.0 Å². The van der Waals surface area contributed by atoms with Crippen LogP contribution < -0.4 is 10.1 Å². The summed E-state index contributed by atoms with van der Waals surface area (Å²) in [7, 11) is 1.59. The molecule has 0 unspecified atom stereocenters. The van der Waals surface area contributed by atoms with Crippen LogP contribution >= 0.6 is 0 Å². The van der Waals surface area contributed by atoms with Crippen LogP contribution in [0.3, 0.4) is 0 Å². The van der Waals surface area contributed by atoms with Gasteiger partial charge in [-0.25, -0.2) is 4.98 Å². The van der Waals surface area contributed by atoms with E-state index in [2.05, 4.69) is 29.1 Å². The van der Waals surface area contributed by atoms with Crippen molar-refractivity contribution in [3.8, 4) is 5.88 Å². The quantitative estimate of drug-likeness (QED) is 0.736. The van der Waals surface area contributed by atoms with Gasteiger partial charge in [-0.15, -0.1) is 0 Å². The number of aromatic nitrogens is 2. The number of hydrogen-bond donors (Lipinski definition) is 1. The maximum Gasteiger partial charge on any atom is 0.218 e. The molecule has 0 spiro atoms. The van der Waals surface area contributed by atoms with Crippen molar-refractivity contribution in [1.29, 1.82) is 0 Å². The van der Waals surface area contributed by atoms with Crippen molar-refractivity contribution >= 4 is 5.82 Å². The predicted octanol–water partition coefficient (Wildman–Crippen LogP) is 1.88. The van der Waals surface area contributed by atoms with Crippen LogP contribution in [0.2, 0.25) is 0 Å². The molecule has 0 saturated heterocycles. The van der Waals surface area contributed by atoms with E-state index in [4.69, 9.17) is 9.47 Å². The van der Waals surface area contributed by atoms with E-state index in [0.29, 0.717) is 24.2 Å². The minimum atomic E-state index is 0.566. The van der Waals surface area contributed by atoms with E-state index in [1.807, 2.05) is 6.92 Å². The number of hydrogen-bond acceptors (Lipinski definition) is 5. The maximum atomic E-state index is 5.47. The summed E-state index contributed by atoms with van der Waals surface area (Å²) in [6.45, 7) is 8.28. The summed E-state index contributed by atoms with van der Waals surface area (Å²) in [6.07, 6.45) is 0. The predicted molar refractivity (Wildman–Crippen MR) is 67.5 cm³/mol. The molecule has 1 N–H and O–H groups in total. The minimum absolute atomic E-state index is 0.566. The van der Waals surface area contributed by atoms with Crippen LogP contribution in [-0.2, 0) is 4.74 Å². The molecule has 0 atom stereocenters. The third kappa shape index (κ3) is 5.49. The molecule has 0 amide bonds. The van der Waals surface area contributed by atoms with Gasteiger partial charge in [0.25, 0.3) is 0 Å². The van der Waals surface area contributed by atoms with Crippen LogP contribution in [0, 0.1) is 12.8 Å². The van der Waals surface area contributed by atoms with Crippen LogP contribution in [0.5, 0.6) is 5.88 Å². The Morgan fingerprint density at radius 3 is 2.76 bits per heavy atom. The summed E-state index contributed by atoms with van der Waals surface area (Å²) in [4.78, 5) is 8.37. The summed E-state index contributed by atoms with van der Waals surface area (Å²) in [5, 5.41) is 3.18. The second-order valence-corrected chi connectivity index (χ2v) is 4.24. The van der Waals surface area contributed by atoms with E-state index < -0.39 is 0 Å². The monoisotopic (exact) mass is 239 g/mol. The van der Waals surface area contributed by atoms with E-state index in [9.17, 15) is 0 Å². The first-order chi connectivity index (χ1) is 8.11. The van der Waals surface area contributed by atoms with Crippen LogP contribution in [0.15, 0.2) is 6.07 Å². The van der Waals surface area contributed by atoms with Crippen molar-refractivity contribution in [1.82, 2.24) is 9.97 Å². The van der Waals surface area contributed by atoms with Crippen molar-refractivity contribution in [3.05, 3.63) is 11.9 Å². The molecule has 0 bridgehead atoms.